The van der Waals surface area contributed by atoms with E-state index in [1.54, 1.807) is 24.4 Å². The largest absolute Gasteiger partial charge is 0.309 e. The van der Waals surface area contributed by atoms with Gasteiger partial charge in [0.25, 0.3) is 0 Å². The molecule has 1 N–H and O–H groups in total. The Morgan fingerprint density at radius 1 is 1.12 bits per heavy atom. The third kappa shape index (κ3) is 4.00. The van der Waals surface area contributed by atoms with Crippen LogP contribution in [-0.4, -0.2) is 15.7 Å². The fourth-order valence-corrected chi connectivity index (χ4v) is 2.55. The number of rotatable bonds is 5. The summed E-state index contributed by atoms with van der Waals surface area (Å²) in [4.78, 5) is 12.0. The van der Waals surface area contributed by atoms with Crippen molar-refractivity contribution in [1.29, 1.82) is 0 Å². The number of anilines is 1. The first-order valence-corrected chi connectivity index (χ1v) is 7.80. The van der Waals surface area contributed by atoms with Gasteiger partial charge in [-0.1, -0.05) is 48.0 Å². The minimum atomic E-state index is -0.382. The number of benzene rings is 2. The van der Waals surface area contributed by atoms with Gasteiger partial charge in [-0.2, -0.15) is 5.10 Å². The molecule has 0 aliphatic heterocycles. The Morgan fingerprint density at radius 3 is 2.67 bits per heavy atom. The van der Waals surface area contributed by atoms with Crippen molar-refractivity contribution in [2.24, 2.45) is 0 Å². The van der Waals surface area contributed by atoms with Crippen LogP contribution in [-0.2, 0) is 17.8 Å². The number of hydrogen-bond acceptors (Lipinski definition) is 2. The standard InChI is InChI=1S/C18H15ClFN3O/c19-15-7-4-8-16(20)14(15)12-23-10-9-17(22-23)21-18(24)11-13-5-2-1-3-6-13/h1-10H,11-12H2,(H,21,22,24). The molecule has 122 valence electrons. The van der Waals surface area contributed by atoms with Crippen LogP contribution in [0.1, 0.15) is 11.1 Å². The van der Waals surface area contributed by atoms with Crippen LogP contribution in [0.2, 0.25) is 5.02 Å². The second kappa shape index (κ2) is 7.27. The van der Waals surface area contributed by atoms with Gasteiger partial charge < -0.3 is 5.32 Å². The second-order valence-electron chi connectivity index (χ2n) is 5.31. The van der Waals surface area contributed by atoms with Crippen LogP contribution in [0.25, 0.3) is 0 Å². The molecule has 4 nitrogen and oxygen atoms in total. The van der Waals surface area contributed by atoms with Gasteiger partial charge in [-0.3, -0.25) is 9.48 Å². The molecule has 24 heavy (non-hydrogen) atoms. The molecule has 6 heteroatoms. The molecule has 0 atom stereocenters. The van der Waals surface area contributed by atoms with E-state index in [1.807, 2.05) is 30.3 Å². The van der Waals surface area contributed by atoms with E-state index in [-0.39, 0.29) is 24.7 Å². The molecule has 0 radical (unpaired) electrons. The van der Waals surface area contributed by atoms with Gasteiger partial charge in [0.1, 0.15) is 5.82 Å². The van der Waals surface area contributed by atoms with Gasteiger partial charge in [-0.15, -0.1) is 0 Å². The van der Waals surface area contributed by atoms with Crippen LogP contribution < -0.4 is 5.32 Å². The summed E-state index contributed by atoms with van der Waals surface area (Å²) < 4.78 is 15.3. The molecule has 0 aliphatic rings. The van der Waals surface area contributed by atoms with Gasteiger partial charge in [0.05, 0.1) is 13.0 Å². The first-order chi connectivity index (χ1) is 11.6. The van der Waals surface area contributed by atoms with Crippen molar-refractivity contribution < 1.29 is 9.18 Å². The first-order valence-electron chi connectivity index (χ1n) is 7.42. The van der Waals surface area contributed by atoms with Crippen molar-refractivity contribution >= 4 is 23.3 Å². The number of aromatic nitrogens is 2. The van der Waals surface area contributed by atoms with Crippen molar-refractivity contribution in [3.8, 4) is 0 Å². The van der Waals surface area contributed by atoms with E-state index in [0.29, 0.717) is 16.4 Å². The molecule has 3 aromatic rings. The summed E-state index contributed by atoms with van der Waals surface area (Å²) in [5, 5.41) is 7.30. The monoisotopic (exact) mass is 343 g/mol. The fraction of sp³-hybridized carbons (Fsp3) is 0.111. The highest BCUT2D eigenvalue weighted by Gasteiger charge is 2.10. The van der Waals surface area contributed by atoms with Crippen LogP contribution >= 0.6 is 11.6 Å². The molecule has 1 heterocycles. The summed E-state index contributed by atoms with van der Waals surface area (Å²) in [6.45, 7) is 0.195. The molecule has 2 aromatic carbocycles. The molecule has 0 saturated carbocycles. The van der Waals surface area contributed by atoms with Gasteiger partial charge in [-0.25, -0.2) is 4.39 Å². The van der Waals surface area contributed by atoms with Crippen LogP contribution in [0.15, 0.2) is 60.8 Å². The third-order valence-corrected chi connectivity index (χ3v) is 3.85. The molecule has 1 aromatic heterocycles. The fourth-order valence-electron chi connectivity index (χ4n) is 2.33. The van der Waals surface area contributed by atoms with Gasteiger partial charge in [-0.05, 0) is 17.7 Å². The van der Waals surface area contributed by atoms with E-state index >= 15 is 0 Å². The van der Waals surface area contributed by atoms with Gasteiger partial charge in [0.2, 0.25) is 5.91 Å². The minimum Gasteiger partial charge on any atom is -0.309 e. The molecule has 1 amide bonds. The zero-order chi connectivity index (χ0) is 16.9. The normalized spacial score (nSPS) is 10.6. The number of amides is 1. The lowest BCUT2D eigenvalue weighted by Gasteiger charge is -2.06. The summed E-state index contributed by atoms with van der Waals surface area (Å²) in [6, 6.07) is 15.6. The lowest BCUT2D eigenvalue weighted by Crippen LogP contribution is -2.15. The Balaban J connectivity index is 1.64. The quantitative estimate of drug-likeness (QED) is 0.763. The summed E-state index contributed by atoms with van der Waals surface area (Å²) in [5.41, 5.74) is 1.29. The second-order valence-corrected chi connectivity index (χ2v) is 5.72. The minimum absolute atomic E-state index is 0.157. The van der Waals surface area contributed by atoms with E-state index < -0.39 is 0 Å². The summed E-state index contributed by atoms with van der Waals surface area (Å²) >= 11 is 6.01. The number of carbonyl (C=O) groups is 1. The number of carbonyl (C=O) groups excluding carboxylic acids is 1. The maximum Gasteiger partial charge on any atom is 0.229 e. The zero-order valence-corrected chi connectivity index (χ0v) is 13.5. The van der Waals surface area contributed by atoms with Crippen molar-refractivity contribution in [3.63, 3.8) is 0 Å². The van der Waals surface area contributed by atoms with Crippen LogP contribution in [0, 0.1) is 5.82 Å². The highest BCUT2D eigenvalue weighted by molar-refractivity contribution is 6.31. The Morgan fingerprint density at radius 2 is 1.92 bits per heavy atom. The molecule has 0 aliphatic carbocycles. The Labute approximate surface area is 143 Å². The average molecular weight is 344 g/mol. The maximum atomic E-state index is 13.8. The Hall–Kier alpha value is -2.66. The Kier molecular flexibility index (Phi) is 4.91. The van der Waals surface area contributed by atoms with Crippen molar-refractivity contribution in [1.82, 2.24) is 9.78 Å². The van der Waals surface area contributed by atoms with Crippen LogP contribution in [0.5, 0.6) is 0 Å². The first kappa shape index (κ1) is 16.2. The lowest BCUT2D eigenvalue weighted by molar-refractivity contribution is -0.115. The highest BCUT2D eigenvalue weighted by atomic mass is 35.5. The van der Waals surface area contributed by atoms with E-state index in [9.17, 15) is 9.18 Å². The van der Waals surface area contributed by atoms with Crippen molar-refractivity contribution in [2.75, 3.05) is 5.32 Å². The average Bonchev–Trinajstić information content (AvgIpc) is 2.99. The molecular formula is C18H15ClFN3O. The van der Waals surface area contributed by atoms with Gasteiger partial charge in [0, 0.05) is 22.8 Å². The van der Waals surface area contributed by atoms with Gasteiger partial charge in [0.15, 0.2) is 5.82 Å². The number of nitrogens with zero attached hydrogens (tertiary/aromatic N) is 2. The summed E-state index contributed by atoms with van der Waals surface area (Å²) in [7, 11) is 0. The maximum absolute atomic E-state index is 13.8. The van der Waals surface area contributed by atoms with Crippen molar-refractivity contribution in [3.05, 3.63) is 82.8 Å². The van der Waals surface area contributed by atoms with Crippen molar-refractivity contribution in [2.45, 2.75) is 13.0 Å². The van der Waals surface area contributed by atoms with E-state index in [0.717, 1.165) is 5.56 Å². The predicted octanol–water partition coefficient (Wildman–Crippen LogP) is 3.91. The van der Waals surface area contributed by atoms with E-state index in [1.165, 1.54) is 10.7 Å². The molecule has 0 bridgehead atoms. The summed E-state index contributed by atoms with van der Waals surface area (Å²) in [6.07, 6.45) is 1.94. The number of nitrogens with one attached hydrogen (secondary N) is 1. The summed E-state index contributed by atoms with van der Waals surface area (Å²) in [5.74, 6) is -0.119. The highest BCUT2D eigenvalue weighted by Crippen LogP contribution is 2.20. The SMILES string of the molecule is O=C(Cc1ccccc1)Nc1ccn(Cc2c(F)cccc2Cl)n1. The predicted molar refractivity (Wildman–Crippen MR) is 91.5 cm³/mol. The molecule has 0 fully saturated rings. The van der Waals surface area contributed by atoms with E-state index in [2.05, 4.69) is 10.4 Å². The Bertz CT molecular complexity index is 828. The molecule has 0 saturated heterocycles. The van der Waals surface area contributed by atoms with Crippen LogP contribution in [0.4, 0.5) is 10.2 Å². The molecular weight excluding hydrogens is 329 g/mol. The van der Waals surface area contributed by atoms with Gasteiger partial charge >= 0.3 is 0 Å². The van der Waals surface area contributed by atoms with Crippen LogP contribution in [0.3, 0.4) is 0 Å². The topological polar surface area (TPSA) is 46.9 Å². The lowest BCUT2D eigenvalue weighted by atomic mass is 10.1. The smallest absolute Gasteiger partial charge is 0.229 e. The third-order valence-electron chi connectivity index (χ3n) is 3.50. The number of hydrogen-bond donors (Lipinski definition) is 1. The molecule has 3 rings (SSSR count). The molecule has 0 spiro atoms. The zero-order valence-electron chi connectivity index (χ0n) is 12.7. The number of halogens is 2. The molecule has 0 unspecified atom stereocenters. The van der Waals surface area contributed by atoms with E-state index in [4.69, 9.17) is 11.6 Å².